The molecule has 108 valence electrons. The van der Waals surface area contributed by atoms with E-state index in [1.165, 1.54) is 12.1 Å². The van der Waals surface area contributed by atoms with Crippen LogP contribution >= 0.6 is 0 Å². The lowest BCUT2D eigenvalue weighted by Gasteiger charge is -2.31. The molecule has 0 aliphatic heterocycles. The Bertz CT molecular complexity index is 409. The second kappa shape index (κ2) is 6.87. The molecule has 19 heavy (non-hydrogen) atoms. The van der Waals surface area contributed by atoms with Crippen molar-refractivity contribution in [1.82, 2.24) is 5.32 Å². The topological polar surface area (TPSA) is 41.5 Å². The van der Waals surface area contributed by atoms with Gasteiger partial charge in [-0.05, 0) is 37.6 Å². The Morgan fingerprint density at radius 3 is 2.63 bits per heavy atom. The van der Waals surface area contributed by atoms with Gasteiger partial charge >= 0.3 is 0 Å². The summed E-state index contributed by atoms with van der Waals surface area (Å²) in [6, 6.07) is 4.77. The molecule has 1 aromatic carbocycles. The van der Waals surface area contributed by atoms with Gasteiger partial charge in [-0.1, -0.05) is 13.8 Å². The predicted molar refractivity (Wildman–Crippen MR) is 75.0 cm³/mol. The number of benzene rings is 1. The minimum Gasteiger partial charge on any atom is -0.493 e. The van der Waals surface area contributed by atoms with Crippen LogP contribution in [0.2, 0.25) is 0 Å². The first-order valence-corrected chi connectivity index (χ1v) is 6.64. The van der Waals surface area contributed by atoms with E-state index in [1.54, 1.807) is 6.07 Å². The Morgan fingerprint density at radius 2 is 2.11 bits per heavy atom. The largest absolute Gasteiger partial charge is 0.493 e. The van der Waals surface area contributed by atoms with E-state index in [0.717, 1.165) is 5.56 Å². The molecule has 1 atom stereocenters. The highest BCUT2D eigenvalue weighted by molar-refractivity contribution is 5.32. The maximum absolute atomic E-state index is 13.0. The maximum Gasteiger partial charge on any atom is 0.123 e. The number of aliphatic hydroxyl groups is 1. The zero-order valence-corrected chi connectivity index (χ0v) is 12.2. The molecule has 1 unspecified atom stereocenters. The quantitative estimate of drug-likeness (QED) is 0.799. The fourth-order valence-corrected chi connectivity index (χ4v) is 2.05. The zero-order valence-electron chi connectivity index (χ0n) is 12.2. The number of hydrogen-bond acceptors (Lipinski definition) is 3. The Balaban J connectivity index is 2.52. The van der Waals surface area contributed by atoms with Crippen LogP contribution in [0.1, 0.15) is 32.8 Å². The van der Waals surface area contributed by atoms with E-state index in [0.29, 0.717) is 24.8 Å². The first-order chi connectivity index (χ1) is 8.86. The molecule has 0 saturated carbocycles. The summed E-state index contributed by atoms with van der Waals surface area (Å²) in [6.07, 6.45) is 0.679. The second-order valence-corrected chi connectivity index (χ2v) is 5.53. The summed E-state index contributed by atoms with van der Waals surface area (Å²) in [5.74, 6) is 0.428. The molecule has 0 amide bonds. The summed E-state index contributed by atoms with van der Waals surface area (Å²) in [4.78, 5) is 0. The number of aryl methyl sites for hydroxylation is 1. The van der Waals surface area contributed by atoms with Gasteiger partial charge in [0.1, 0.15) is 11.6 Å². The van der Waals surface area contributed by atoms with Crippen molar-refractivity contribution in [1.29, 1.82) is 0 Å². The van der Waals surface area contributed by atoms with Gasteiger partial charge in [0.2, 0.25) is 0 Å². The minimum atomic E-state index is -0.359. The van der Waals surface area contributed by atoms with Crippen molar-refractivity contribution < 1.29 is 14.2 Å². The molecule has 1 rings (SSSR count). The highest BCUT2D eigenvalue weighted by Crippen LogP contribution is 2.19. The molecule has 0 aromatic heterocycles. The van der Waals surface area contributed by atoms with Gasteiger partial charge < -0.3 is 15.2 Å². The molecule has 1 aromatic rings. The third-order valence-electron chi connectivity index (χ3n) is 3.03. The summed E-state index contributed by atoms with van der Waals surface area (Å²) in [7, 11) is 0. The third-order valence-corrected chi connectivity index (χ3v) is 3.03. The summed E-state index contributed by atoms with van der Waals surface area (Å²) in [5.41, 5.74) is 0.421. The van der Waals surface area contributed by atoms with E-state index in [-0.39, 0.29) is 18.0 Å². The first-order valence-electron chi connectivity index (χ1n) is 6.64. The maximum atomic E-state index is 13.0. The highest BCUT2D eigenvalue weighted by Gasteiger charge is 2.23. The monoisotopic (exact) mass is 269 g/mol. The van der Waals surface area contributed by atoms with Gasteiger partial charge in [0.15, 0.2) is 0 Å². The van der Waals surface area contributed by atoms with Crippen molar-refractivity contribution in [3.63, 3.8) is 0 Å². The lowest BCUT2D eigenvalue weighted by molar-refractivity contribution is 0.136. The van der Waals surface area contributed by atoms with Crippen molar-refractivity contribution >= 4 is 0 Å². The average molecular weight is 269 g/mol. The average Bonchev–Trinajstić information content (AvgIpc) is 2.31. The normalized spacial score (nSPS) is 14.5. The molecule has 0 fully saturated rings. The fourth-order valence-electron chi connectivity index (χ4n) is 2.05. The lowest BCUT2D eigenvalue weighted by atomic mass is 9.98. The number of nitrogens with one attached hydrogen (secondary N) is 1. The van der Waals surface area contributed by atoms with Crippen LogP contribution in [0, 0.1) is 12.7 Å². The SMILES string of the molecule is Cc1cc(F)ccc1OCCC(C)(CO)NC(C)C. The van der Waals surface area contributed by atoms with Crippen molar-refractivity contribution in [2.45, 2.75) is 45.7 Å². The predicted octanol–water partition coefficient (Wildman–Crippen LogP) is 2.65. The number of aliphatic hydroxyl groups excluding tert-OH is 1. The van der Waals surface area contributed by atoms with Crippen molar-refractivity contribution in [3.8, 4) is 5.75 Å². The lowest BCUT2D eigenvalue weighted by Crippen LogP contribution is -2.50. The highest BCUT2D eigenvalue weighted by atomic mass is 19.1. The van der Waals surface area contributed by atoms with Gasteiger partial charge in [0, 0.05) is 18.0 Å². The molecule has 0 aliphatic carbocycles. The standard InChI is InChI=1S/C15H24FNO2/c1-11(2)17-15(4,10-18)7-8-19-14-6-5-13(16)9-12(14)3/h5-6,9,11,17-18H,7-8,10H2,1-4H3. The second-order valence-electron chi connectivity index (χ2n) is 5.53. The fraction of sp³-hybridized carbons (Fsp3) is 0.600. The van der Waals surface area contributed by atoms with Crippen LogP contribution in [-0.2, 0) is 0 Å². The van der Waals surface area contributed by atoms with Crippen molar-refractivity contribution in [2.75, 3.05) is 13.2 Å². The van der Waals surface area contributed by atoms with Gasteiger partial charge in [-0.3, -0.25) is 0 Å². The van der Waals surface area contributed by atoms with Gasteiger partial charge in [0.05, 0.1) is 13.2 Å². The number of rotatable bonds is 7. The van der Waals surface area contributed by atoms with Gasteiger partial charge in [0.25, 0.3) is 0 Å². The summed E-state index contributed by atoms with van der Waals surface area (Å²) >= 11 is 0. The number of ether oxygens (including phenoxy) is 1. The summed E-state index contributed by atoms with van der Waals surface area (Å²) in [6.45, 7) is 8.39. The number of halogens is 1. The van der Waals surface area contributed by atoms with Crippen LogP contribution in [0.25, 0.3) is 0 Å². The van der Waals surface area contributed by atoms with Gasteiger partial charge in [-0.2, -0.15) is 0 Å². The Kier molecular flexibility index (Phi) is 5.76. The molecule has 0 heterocycles. The van der Waals surface area contributed by atoms with Crippen LogP contribution in [0.4, 0.5) is 4.39 Å². The van der Waals surface area contributed by atoms with E-state index in [9.17, 15) is 9.50 Å². The van der Waals surface area contributed by atoms with Crippen LogP contribution < -0.4 is 10.1 Å². The first kappa shape index (κ1) is 15.9. The van der Waals surface area contributed by atoms with Crippen molar-refractivity contribution in [2.24, 2.45) is 0 Å². The minimum absolute atomic E-state index is 0.0525. The third kappa shape index (κ3) is 5.17. The van der Waals surface area contributed by atoms with E-state index >= 15 is 0 Å². The zero-order chi connectivity index (χ0) is 14.5. The van der Waals surface area contributed by atoms with Crippen LogP contribution in [0.5, 0.6) is 5.75 Å². The summed E-state index contributed by atoms with van der Waals surface area (Å²) < 4.78 is 18.6. The van der Waals surface area contributed by atoms with E-state index in [4.69, 9.17) is 4.74 Å². The molecular formula is C15H24FNO2. The Hall–Kier alpha value is -1.13. The van der Waals surface area contributed by atoms with Crippen molar-refractivity contribution in [3.05, 3.63) is 29.6 Å². The Labute approximate surface area is 114 Å². The van der Waals surface area contributed by atoms with Crippen LogP contribution in [-0.4, -0.2) is 29.9 Å². The molecular weight excluding hydrogens is 245 g/mol. The molecule has 0 aliphatic rings. The smallest absolute Gasteiger partial charge is 0.123 e. The van der Waals surface area contributed by atoms with E-state index < -0.39 is 0 Å². The molecule has 2 N–H and O–H groups in total. The van der Waals surface area contributed by atoms with E-state index in [2.05, 4.69) is 5.32 Å². The molecule has 0 radical (unpaired) electrons. The molecule has 0 spiro atoms. The van der Waals surface area contributed by atoms with Gasteiger partial charge in [-0.25, -0.2) is 4.39 Å². The number of hydrogen-bond donors (Lipinski definition) is 2. The van der Waals surface area contributed by atoms with Crippen LogP contribution in [0.3, 0.4) is 0 Å². The molecule has 0 bridgehead atoms. The summed E-state index contributed by atoms with van der Waals surface area (Å²) in [5, 5.41) is 12.8. The molecule has 4 heteroatoms. The molecule has 3 nitrogen and oxygen atoms in total. The van der Waals surface area contributed by atoms with Crippen LogP contribution in [0.15, 0.2) is 18.2 Å². The Morgan fingerprint density at radius 1 is 1.42 bits per heavy atom. The molecule has 0 saturated heterocycles. The van der Waals surface area contributed by atoms with Gasteiger partial charge in [-0.15, -0.1) is 0 Å². The van der Waals surface area contributed by atoms with E-state index in [1.807, 2.05) is 27.7 Å².